The summed E-state index contributed by atoms with van der Waals surface area (Å²) in [5.74, 6) is 0. The van der Waals surface area contributed by atoms with Gasteiger partial charge in [-0.05, 0) is 24.6 Å². The molecule has 2 N–H and O–H groups in total. The second-order valence-corrected chi connectivity index (χ2v) is 4.40. The highest BCUT2D eigenvalue weighted by Gasteiger charge is 2.16. The number of hydrogen-bond acceptors (Lipinski definition) is 3. The maximum Gasteiger partial charge on any atom is 0.215 e. The molecule has 66 valence electrons. The van der Waals surface area contributed by atoms with Gasteiger partial charge in [-0.1, -0.05) is 0 Å². The number of nitrogens with zero attached hydrogens (tertiary/aromatic N) is 1. The summed E-state index contributed by atoms with van der Waals surface area (Å²) in [6.07, 6.45) is 3.08. The molecule has 0 amide bonds. The van der Waals surface area contributed by atoms with Crippen LogP contribution >= 0.6 is 0 Å². The average Bonchev–Trinajstić information content (AvgIpc) is 2.03. The predicted molar refractivity (Wildman–Crippen MR) is 45.8 cm³/mol. The molecule has 0 aliphatic carbocycles. The van der Waals surface area contributed by atoms with E-state index in [-0.39, 0.29) is 0 Å². The van der Waals surface area contributed by atoms with E-state index in [0.29, 0.717) is 5.56 Å². The van der Waals surface area contributed by atoms with Crippen LogP contribution in [0.15, 0.2) is 24.5 Å². The van der Waals surface area contributed by atoms with Gasteiger partial charge in [0.05, 0.1) is 5.25 Å². The molecule has 0 fully saturated rings. The summed E-state index contributed by atoms with van der Waals surface area (Å²) in [6.45, 7) is 1.55. The highest BCUT2D eigenvalue weighted by Crippen LogP contribution is 2.17. The quantitative estimate of drug-likeness (QED) is 0.728. The summed E-state index contributed by atoms with van der Waals surface area (Å²) in [6, 6.07) is 3.27. The molecule has 0 saturated heterocycles. The highest BCUT2D eigenvalue weighted by molar-refractivity contribution is 7.89. The smallest absolute Gasteiger partial charge is 0.215 e. The van der Waals surface area contributed by atoms with E-state index in [4.69, 9.17) is 5.14 Å². The van der Waals surface area contributed by atoms with E-state index in [1.165, 1.54) is 12.4 Å². The van der Waals surface area contributed by atoms with Crippen LogP contribution in [-0.4, -0.2) is 13.4 Å². The van der Waals surface area contributed by atoms with E-state index in [9.17, 15) is 8.42 Å². The molecule has 12 heavy (non-hydrogen) atoms. The lowest BCUT2D eigenvalue weighted by molar-refractivity contribution is 0.588. The molecule has 0 spiro atoms. The third-order valence-electron chi connectivity index (χ3n) is 1.67. The Kier molecular flexibility index (Phi) is 2.44. The van der Waals surface area contributed by atoms with E-state index in [1.54, 1.807) is 19.1 Å². The third-order valence-corrected chi connectivity index (χ3v) is 2.93. The number of rotatable bonds is 2. The van der Waals surface area contributed by atoms with Crippen molar-refractivity contribution in [1.29, 1.82) is 0 Å². The molecule has 1 unspecified atom stereocenters. The maximum absolute atomic E-state index is 10.9. The lowest BCUT2D eigenvalue weighted by atomic mass is 10.2. The average molecular weight is 186 g/mol. The van der Waals surface area contributed by atoms with Crippen molar-refractivity contribution in [1.82, 2.24) is 4.98 Å². The number of sulfonamides is 1. The molecule has 0 bridgehead atoms. The fraction of sp³-hybridized carbons (Fsp3) is 0.286. The van der Waals surface area contributed by atoms with Gasteiger partial charge in [0, 0.05) is 12.4 Å². The molecule has 4 nitrogen and oxygen atoms in total. The van der Waals surface area contributed by atoms with Gasteiger partial charge < -0.3 is 0 Å². The van der Waals surface area contributed by atoms with Crippen molar-refractivity contribution in [2.24, 2.45) is 5.14 Å². The van der Waals surface area contributed by atoms with E-state index in [0.717, 1.165) is 0 Å². The summed E-state index contributed by atoms with van der Waals surface area (Å²) in [7, 11) is -3.48. The Labute approximate surface area is 71.5 Å². The Balaban J connectivity index is 3.02. The molecule has 1 atom stereocenters. The minimum absolute atomic E-state index is 0.660. The van der Waals surface area contributed by atoms with E-state index < -0.39 is 15.3 Å². The van der Waals surface area contributed by atoms with Gasteiger partial charge in [0.2, 0.25) is 10.0 Å². The second kappa shape index (κ2) is 3.20. The summed E-state index contributed by atoms with van der Waals surface area (Å²) < 4.78 is 21.8. The molecular weight excluding hydrogens is 176 g/mol. The van der Waals surface area contributed by atoms with Gasteiger partial charge in [-0.15, -0.1) is 0 Å². The molecule has 5 heteroatoms. The highest BCUT2D eigenvalue weighted by atomic mass is 32.2. The topological polar surface area (TPSA) is 73.0 Å². The summed E-state index contributed by atoms with van der Waals surface area (Å²) in [4.78, 5) is 3.77. The minimum Gasteiger partial charge on any atom is -0.265 e. The van der Waals surface area contributed by atoms with E-state index in [2.05, 4.69) is 4.98 Å². The van der Waals surface area contributed by atoms with Crippen LogP contribution in [0.3, 0.4) is 0 Å². The minimum atomic E-state index is -3.48. The van der Waals surface area contributed by atoms with Crippen LogP contribution in [0.1, 0.15) is 17.7 Å². The Morgan fingerprint density at radius 2 is 1.92 bits per heavy atom. The van der Waals surface area contributed by atoms with Gasteiger partial charge in [-0.2, -0.15) is 0 Å². The largest absolute Gasteiger partial charge is 0.265 e. The van der Waals surface area contributed by atoms with E-state index in [1.807, 2.05) is 0 Å². The molecule has 0 aromatic carbocycles. The second-order valence-electron chi connectivity index (χ2n) is 2.51. The number of hydrogen-bond donors (Lipinski definition) is 1. The maximum atomic E-state index is 10.9. The van der Waals surface area contributed by atoms with Gasteiger partial charge in [-0.3, -0.25) is 4.98 Å². The first-order valence-electron chi connectivity index (χ1n) is 3.43. The van der Waals surface area contributed by atoms with Crippen LogP contribution < -0.4 is 5.14 Å². The zero-order valence-corrected chi connectivity index (χ0v) is 7.45. The van der Waals surface area contributed by atoms with Crippen molar-refractivity contribution in [3.05, 3.63) is 30.1 Å². The van der Waals surface area contributed by atoms with Crippen LogP contribution in [0.25, 0.3) is 0 Å². The van der Waals surface area contributed by atoms with Gasteiger partial charge in [-0.25, -0.2) is 13.6 Å². The van der Waals surface area contributed by atoms with Crippen molar-refractivity contribution in [2.45, 2.75) is 12.2 Å². The molecular formula is C7H10N2O2S. The van der Waals surface area contributed by atoms with Crippen molar-refractivity contribution in [3.63, 3.8) is 0 Å². The third kappa shape index (κ3) is 2.02. The fourth-order valence-corrected chi connectivity index (χ4v) is 1.36. The molecule has 1 rings (SSSR count). The molecule has 1 heterocycles. The zero-order valence-electron chi connectivity index (χ0n) is 6.64. The molecule has 0 saturated carbocycles. The van der Waals surface area contributed by atoms with Crippen molar-refractivity contribution in [2.75, 3.05) is 0 Å². The van der Waals surface area contributed by atoms with Crippen LogP contribution in [0.4, 0.5) is 0 Å². The van der Waals surface area contributed by atoms with Gasteiger partial charge in [0.25, 0.3) is 0 Å². The van der Waals surface area contributed by atoms with Crippen LogP contribution in [0.2, 0.25) is 0 Å². The van der Waals surface area contributed by atoms with Gasteiger partial charge >= 0.3 is 0 Å². The Morgan fingerprint density at radius 1 is 1.42 bits per heavy atom. The summed E-state index contributed by atoms with van der Waals surface area (Å²) in [5, 5.41) is 4.30. The first kappa shape index (κ1) is 9.15. The lowest BCUT2D eigenvalue weighted by Gasteiger charge is -2.07. The normalized spacial score (nSPS) is 14.2. The molecule has 1 aromatic rings. The summed E-state index contributed by atoms with van der Waals surface area (Å²) >= 11 is 0. The fourth-order valence-electron chi connectivity index (χ4n) is 0.824. The Hall–Kier alpha value is -0.940. The Morgan fingerprint density at radius 3 is 2.33 bits per heavy atom. The van der Waals surface area contributed by atoms with Crippen LogP contribution in [0.5, 0.6) is 0 Å². The predicted octanol–water partition coefficient (Wildman–Crippen LogP) is 0.431. The monoisotopic (exact) mass is 186 g/mol. The lowest BCUT2D eigenvalue weighted by Crippen LogP contribution is -2.19. The SMILES string of the molecule is CC(c1ccncc1)S(N)(=O)=O. The van der Waals surface area contributed by atoms with Crippen molar-refractivity contribution >= 4 is 10.0 Å². The number of aromatic nitrogens is 1. The van der Waals surface area contributed by atoms with Gasteiger partial charge in [0.15, 0.2) is 0 Å². The first-order chi connectivity index (χ1) is 5.52. The number of nitrogens with two attached hydrogens (primary N) is 1. The van der Waals surface area contributed by atoms with Crippen LogP contribution in [0, 0.1) is 0 Å². The number of primary sulfonamides is 1. The molecule has 1 aromatic heterocycles. The van der Waals surface area contributed by atoms with Gasteiger partial charge in [0.1, 0.15) is 0 Å². The standard InChI is InChI=1S/C7H10N2O2S/c1-6(12(8,10)11)7-2-4-9-5-3-7/h2-6H,1H3,(H2,8,10,11). The zero-order chi connectivity index (χ0) is 9.19. The van der Waals surface area contributed by atoms with Crippen molar-refractivity contribution in [3.8, 4) is 0 Å². The first-order valence-corrected chi connectivity index (χ1v) is 5.04. The number of pyridine rings is 1. The van der Waals surface area contributed by atoms with E-state index >= 15 is 0 Å². The molecule has 0 aliphatic rings. The summed E-state index contributed by atoms with van der Waals surface area (Å²) in [5.41, 5.74) is 0.660. The van der Waals surface area contributed by atoms with Crippen molar-refractivity contribution < 1.29 is 8.42 Å². The molecule has 0 aliphatic heterocycles. The van der Waals surface area contributed by atoms with Crippen LogP contribution in [-0.2, 0) is 10.0 Å². The Bertz CT molecular complexity index is 347. The molecule has 0 radical (unpaired) electrons.